The maximum Gasteiger partial charge on any atom is 0.246 e. The Morgan fingerprint density at radius 1 is 1.08 bits per heavy atom. The number of nitrogens with one attached hydrogen (secondary N) is 1. The molecule has 0 aromatic heterocycles. The van der Waals surface area contributed by atoms with Crippen LogP contribution in [-0.2, 0) is 10.0 Å². The second kappa shape index (κ2) is 7.82. The predicted molar refractivity (Wildman–Crippen MR) is 99.3 cm³/mol. The number of rotatable bonds is 4. The maximum absolute atomic E-state index is 13.1. The van der Waals surface area contributed by atoms with Crippen LogP contribution in [0, 0.1) is 11.3 Å². The zero-order valence-corrected chi connectivity index (χ0v) is 15.9. The number of piperazine rings is 1. The minimum absolute atomic E-state index is 0.0606. The SMILES string of the molecule is N#Cc1ccc(Oc2cc(Cl)cc(Cl)c2)c(S(=O)(=O)N2CCNCC2)c1. The van der Waals surface area contributed by atoms with Gasteiger partial charge in [0.05, 0.1) is 11.6 Å². The fourth-order valence-corrected chi connectivity index (χ4v) is 4.69. The van der Waals surface area contributed by atoms with E-state index >= 15 is 0 Å². The number of ether oxygens (including phenoxy) is 1. The Hall–Kier alpha value is -1.82. The van der Waals surface area contributed by atoms with E-state index in [2.05, 4.69) is 5.32 Å². The summed E-state index contributed by atoms with van der Waals surface area (Å²) < 4.78 is 33.2. The molecule has 136 valence electrons. The molecular formula is C17H15Cl2N3O3S. The van der Waals surface area contributed by atoms with Gasteiger partial charge in [0.25, 0.3) is 0 Å². The summed E-state index contributed by atoms with van der Waals surface area (Å²) in [5, 5.41) is 13.0. The van der Waals surface area contributed by atoms with Crippen molar-refractivity contribution in [1.29, 1.82) is 5.26 Å². The van der Waals surface area contributed by atoms with Gasteiger partial charge in [-0.1, -0.05) is 23.2 Å². The van der Waals surface area contributed by atoms with Crippen molar-refractivity contribution in [3.05, 3.63) is 52.0 Å². The minimum atomic E-state index is -3.81. The van der Waals surface area contributed by atoms with Crippen LogP contribution >= 0.6 is 23.2 Å². The molecule has 6 nitrogen and oxygen atoms in total. The van der Waals surface area contributed by atoms with Crippen LogP contribution in [0.4, 0.5) is 0 Å². The van der Waals surface area contributed by atoms with Gasteiger partial charge >= 0.3 is 0 Å². The van der Waals surface area contributed by atoms with Crippen LogP contribution in [0.2, 0.25) is 10.0 Å². The van der Waals surface area contributed by atoms with Crippen molar-refractivity contribution in [2.75, 3.05) is 26.2 Å². The fourth-order valence-electron chi connectivity index (χ4n) is 2.60. The number of nitriles is 1. The first-order valence-corrected chi connectivity index (χ1v) is 9.99. The van der Waals surface area contributed by atoms with Gasteiger partial charge in [0.15, 0.2) is 0 Å². The van der Waals surface area contributed by atoms with Crippen LogP contribution in [-0.4, -0.2) is 38.9 Å². The van der Waals surface area contributed by atoms with Crippen LogP contribution in [0.1, 0.15) is 5.56 Å². The second-order valence-electron chi connectivity index (χ2n) is 5.63. The van der Waals surface area contributed by atoms with Gasteiger partial charge in [0.1, 0.15) is 16.4 Å². The van der Waals surface area contributed by atoms with E-state index in [4.69, 9.17) is 33.2 Å². The first-order valence-electron chi connectivity index (χ1n) is 7.79. The summed E-state index contributed by atoms with van der Waals surface area (Å²) >= 11 is 11.9. The summed E-state index contributed by atoms with van der Waals surface area (Å²) in [5.41, 5.74) is 0.232. The zero-order valence-electron chi connectivity index (χ0n) is 13.6. The van der Waals surface area contributed by atoms with Gasteiger partial charge in [-0.15, -0.1) is 0 Å². The van der Waals surface area contributed by atoms with E-state index in [1.807, 2.05) is 6.07 Å². The molecule has 2 aromatic carbocycles. The standard InChI is InChI=1S/C17H15Cl2N3O3S/c18-13-8-14(19)10-15(9-13)25-16-2-1-12(11-20)7-17(16)26(23,24)22-5-3-21-4-6-22/h1-2,7-10,21H,3-6H2. The molecule has 1 fully saturated rings. The molecule has 0 atom stereocenters. The number of halogens is 2. The van der Waals surface area contributed by atoms with Crippen molar-refractivity contribution >= 4 is 33.2 Å². The highest BCUT2D eigenvalue weighted by molar-refractivity contribution is 7.89. The Balaban J connectivity index is 2.04. The molecule has 0 bridgehead atoms. The summed E-state index contributed by atoms with van der Waals surface area (Å²) in [4.78, 5) is -0.0606. The third-order valence-corrected chi connectivity index (χ3v) is 6.19. The van der Waals surface area contributed by atoms with Gasteiger partial charge in [-0.05, 0) is 36.4 Å². The van der Waals surface area contributed by atoms with Crippen LogP contribution in [0.25, 0.3) is 0 Å². The maximum atomic E-state index is 13.1. The number of nitrogens with zero attached hydrogens (tertiary/aromatic N) is 2. The van der Waals surface area contributed by atoms with Crippen molar-refractivity contribution < 1.29 is 13.2 Å². The van der Waals surface area contributed by atoms with E-state index in [0.717, 1.165) is 0 Å². The van der Waals surface area contributed by atoms with Crippen LogP contribution < -0.4 is 10.1 Å². The molecule has 0 amide bonds. The van der Waals surface area contributed by atoms with Crippen molar-refractivity contribution in [2.24, 2.45) is 0 Å². The highest BCUT2D eigenvalue weighted by Gasteiger charge is 2.29. The van der Waals surface area contributed by atoms with Gasteiger partial charge in [0.2, 0.25) is 10.0 Å². The highest BCUT2D eigenvalue weighted by atomic mass is 35.5. The molecule has 3 rings (SSSR count). The monoisotopic (exact) mass is 411 g/mol. The molecule has 1 aliphatic heterocycles. The van der Waals surface area contributed by atoms with E-state index in [-0.39, 0.29) is 16.2 Å². The Morgan fingerprint density at radius 3 is 2.35 bits per heavy atom. The zero-order chi connectivity index (χ0) is 18.7. The van der Waals surface area contributed by atoms with Crippen molar-refractivity contribution in [3.8, 4) is 17.6 Å². The molecule has 0 saturated carbocycles. The lowest BCUT2D eigenvalue weighted by Crippen LogP contribution is -2.46. The largest absolute Gasteiger partial charge is 0.456 e. The summed E-state index contributed by atoms with van der Waals surface area (Å²) in [7, 11) is -3.81. The number of hydrogen-bond acceptors (Lipinski definition) is 5. The van der Waals surface area contributed by atoms with E-state index in [1.54, 1.807) is 6.07 Å². The van der Waals surface area contributed by atoms with E-state index in [1.165, 1.54) is 34.6 Å². The van der Waals surface area contributed by atoms with E-state index in [0.29, 0.717) is 42.0 Å². The molecular weight excluding hydrogens is 397 g/mol. The minimum Gasteiger partial charge on any atom is -0.456 e. The predicted octanol–water partition coefficient (Wildman–Crippen LogP) is 3.25. The van der Waals surface area contributed by atoms with Gasteiger partial charge in [0, 0.05) is 36.2 Å². The van der Waals surface area contributed by atoms with Crippen LogP contribution in [0.5, 0.6) is 11.5 Å². The molecule has 0 aliphatic carbocycles. The van der Waals surface area contributed by atoms with Crippen molar-refractivity contribution in [2.45, 2.75) is 4.90 Å². The molecule has 2 aromatic rings. The quantitative estimate of drug-likeness (QED) is 0.834. The molecule has 1 heterocycles. The molecule has 1 aliphatic rings. The molecule has 1 saturated heterocycles. The number of sulfonamides is 1. The average Bonchev–Trinajstić information content (AvgIpc) is 2.62. The lowest BCUT2D eigenvalue weighted by Gasteiger charge is -2.27. The lowest BCUT2D eigenvalue weighted by molar-refractivity contribution is 0.358. The van der Waals surface area contributed by atoms with Crippen molar-refractivity contribution in [1.82, 2.24) is 9.62 Å². The first kappa shape index (κ1) is 19.0. The Bertz CT molecular complexity index is 947. The van der Waals surface area contributed by atoms with Crippen LogP contribution in [0.15, 0.2) is 41.3 Å². The summed E-state index contributed by atoms with van der Waals surface area (Å²) in [6.45, 7) is 1.83. The topological polar surface area (TPSA) is 82.4 Å². The number of benzene rings is 2. The molecule has 9 heteroatoms. The smallest absolute Gasteiger partial charge is 0.246 e. The van der Waals surface area contributed by atoms with Crippen molar-refractivity contribution in [3.63, 3.8) is 0 Å². The molecule has 0 radical (unpaired) electrons. The normalized spacial score (nSPS) is 15.4. The molecule has 1 N–H and O–H groups in total. The molecule has 0 unspecified atom stereocenters. The molecule has 26 heavy (non-hydrogen) atoms. The summed E-state index contributed by atoms with van der Waals surface area (Å²) in [6.07, 6.45) is 0. The van der Waals surface area contributed by atoms with Gasteiger partial charge in [-0.3, -0.25) is 0 Å². The Labute approximate surface area is 161 Å². The van der Waals surface area contributed by atoms with E-state index in [9.17, 15) is 8.42 Å². The Morgan fingerprint density at radius 2 is 1.73 bits per heavy atom. The van der Waals surface area contributed by atoms with Gasteiger partial charge in [-0.2, -0.15) is 9.57 Å². The van der Waals surface area contributed by atoms with E-state index < -0.39 is 10.0 Å². The second-order valence-corrected chi connectivity index (χ2v) is 8.41. The van der Waals surface area contributed by atoms with Gasteiger partial charge < -0.3 is 10.1 Å². The summed E-state index contributed by atoms with van der Waals surface area (Å²) in [5.74, 6) is 0.421. The summed E-state index contributed by atoms with van der Waals surface area (Å²) in [6, 6.07) is 10.9. The number of hydrogen-bond donors (Lipinski definition) is 1. The highest BCUT2D eigenvalue weighted by Crippen LogP contribution is 2.34. The first-order chi connectivity index (χ1) is 12.4. The fraction of sp³-hybridized carbons (Fsp3) is 0.235. The van der Waals surface area contributed by atoms with Crippen LogP contribution in [0.3, 0.4) is 0 Å². The third-order valence-electron chi connectivity index (χ3n) is 3.83. The average molecular weight is 412 g/mol. The third kappa shape index (κ3) is 4.11. The lowest BCUT2D eigenvalue weighted by atomic mass is 10.2. The Kier molecular flexibility index (Phi) is 5.70. The molecule has 0 spiro atoms. The van der Waals surface area contributed by atoms with Gasteiger partial charge in [-0.25, -0.2) is 8.42 Å².